The van der Waals surface area contributed by atoms with E-state index in [9.17, 15) is 9.59 Å². The van der Waals surface area contributed by atoms with Crippen LogP contribution in [0.3, 0.4) is 0 Å². The average molecular weight is 588 g/mol. The number of rotatable bonds is 12. The molecule has 1 aromatic heterocycles. The van der Waals surface area contributed by atoms with Gasteiger partial charge in [0.05, 0.1) is 16.3 Å². The molecule has 3 N–H and O–H groups in total. The maximum atomic E-state index is 13.6. The van der Waals surface area contributed by atoms with Gasteiger partial charge in [-0.15, -0.1) is 11.3 Å². The standard InChI is InChI=1S/C34H45N5O2S/c1-37(2)18-6-19-38(3)31-17-12-27(22-30(31)36-33(40)25-10-11-25)26-8-4-7-24(21-26)23-39(29-15-13-28(35)14-16-29)34(41)32-9-5-20-42-32/h4-5,7-9,12,17,20-22,25,28-29H,6,10-11,13-16,18-19,23,35H2,1-3H3,(H,36,40). The van der Waals surface area contributed by atoms with Gasteiger partial charge in [-0.1, -0.05) is 30.3 Å². The molecule has 0 spiro atoms. The van der Waals surface area contributed by atoms with Gasteiger partial charge in [0.2, 0.25) is 5.91 Å². The molecule has 1 heterocycles. The molecule has 224 valence electrons. The number of nitrogens with two attached hydrogens (primary N) is 1. The third-order valence-corrected chi connectivity index (χ3v) is 9.36. The molecule has 0 atom stereocenters. The maximum Gasteiger partial charge on any atom is 0.264 e. The molecule has 0 bridgehead atoms. The second-order valence-electron chi connectivity index (χ2n) is 12.3. The van der Waals surface area contributed by atoms with Crippen molar-refractivity contribution in [2.45, 2.75) is 63.6 Å². The number of hydrogen-bond acceptors (Lipinski definition) is 6. The highest BCUT2D eigenvalue weighted by molar-refractivity contribution is 7.12. The summed E-state index contributed by atoms with van der Waals surface area (Å²) in [5.74, 6) is 0.339. The quantitative estimate of drug-likeness (QED) is 0.269. The van der Waals surface area contributed by atoms with E-state index in [4.69, 9.17) is 5.73 Å². The van der Waals surface area contributed by atoms with Crippen LogP contribution in [0.1, 0.15) is 60.2 Å². The maximum absolute atomic E-state index is 13.6. The second kappa shape index (κ2) is 13.8. The van der Waals surface area contributed by atoms with Crippen LogP contribution in [0.2, 0.25) is 0 Å². The number of benzene rings is 2. The third kappa shape index (κ3) is 7.79. The van der Waals surface area contributed by atoms with Crippen molar-refractivity contribution in [1.82, 2.24) is 9.80 Å². The Kier molecular flexibility index (Phi) is 9.98. The zero-order chi connectivity index (χ0) is 29.6. The molecule has 2 saturated carbocycles. The lowest BCUT2D eigenvalue weighted by atomic mass is 9.90. The van der Waals surface area contributed by atoms with E-state index in [0.29, 0.717) is 6.54 Å². The largest absolute Gasteiger partial charge is 0.373 e. The van der Waals surface area contributed by atoms with Crippen molar-refractivity contribution in [2.75, 3.05) is 44.4 Å². The highest BCUT2D eigenvalue weighted by atomic mass is 32.1. The fourth-order valence-corrected chi connectivity index (χ4v) is 6.52. The van der Waals surface area contributed by atoms with Crippen molar-refractivity contribution in [3.05, 3.63) is 70.4 Å². The van der Waals surface area contributed by atoms with Gasteiger partial charge in [-0.2, -0.15) is 0 Å². The van der Waals surface area contributed by atoms with Gasteiger partial charge in [-0.3, -0.25) is 9.59 Å². The van der Waals surface area contributed by atoms with Crippen LogP contribution in [0, 0.1) is 5.92 Å². The van der Waals surface area contributed by atoms with Gasteiger partial charge in [0, 0.05) is 38.1 Å². The molecule has 42 heavy (non-hydrogen) atoms. The van der Waals surface area contributed by atoms with Gasteiger partial charge in [0.15, 0.2) is 0 Å². The number of carbonyl (C=O) groups is 2. The number of thiophene rings is 1. The fraction of sp³-hybridized carbons (Fsp3) is 0.471. The first kappa shape index (κ1) is 30.3. The van der Waals surface area contributed by atoms with Crippen LogP contribution < -0.4 is 16.0 Å². The van der Waals surface area contributed by atoms with E-state index < -0.39 is 0 Å². The van der Waals surface area contributed by atoms with Crippen molar-refractivity contribution < 1.29 is 9.59 Å². The number of nitrogens with zero attached hydrogens (tertiary/aromatic N) is 3. The summed E-state index contributed by atoms with van der Waals surface area (Å²) in [6, 6.07) is 19.1. The van der Waals surface area contributed by atoms with Crippen molar-refractivity contribution >= 4 is 34.5 Å². The van der Waals surface area contributed by atoms with Crippen LogP contribution in [0.25, 0.3) is 11.1 Å². The molecular formula is C34H45N5O2S. The summed E-state index contributed by atoms with van der Waals surface area (Å²) in [4.78, 5) is 33.7. The smallest absolute Gasteiger partial charge is 0.264 e. The summed E-state index contributed by atoms with van der Waals surface area (Å²) in [7, 11) is 6.27. The predicted molar refractivity (Wildman–Crippen MR) is 174 cm³/mol. The minimum atomic E-state index is 0.0996. The van der Waals surface area contributed by atoms with Crippen LogP contribution >= 0.6 is 11.3 Å². The van der Waals surface area contributed by atoms with Gasteiger partial charge < -0.3 is 25.8 Å². The zero-order valence-corrected chi connectivity index (χ0v) is 26.0. The van der Waals surface area contributed by atoms with E-state index in [0.717, 1.165) is 91.0 Å². The molecule has 7 nitrogen and oxygen atoms in total. The number of carbonyl (C=O) groups excluding carboxylic acids is 2. The summed E-state index contributed by atoms with van der Waals surface area (Å²) in [6.07, 6.45) is 6.74. The van der Waals surface area contributed by atoms with Crippen molar-refractivity contribution in [2.24, 2.45) is 11.7 Å². The lowest BCUT2D eigenvalue weighted by molar-refractivity contribution is -0.117. The van der Waals surface area contributed by atoms with Gasteiger partial charge in [-0.25, -0.2) is 0 Å². The predicted octanol–water partition coefficient (Wildman–Crippen LogP) is 6.06. The first-order valence-electron chi connectivity index (χ1n) is 15.3. The van der Waals surface area contributed by atoms with Crippen LogP contribution in [0.15, 0.2) is 60.0 Å². The summed E-state index contributed by atoms with van der Waals surface area (Å²) in [5, 5.41) is 5.20. The monoisotopic (exact) mass is 587 g/mol. The lowest BCUT2D eigenvalue weighted by Gasteiger charge is -2.36. The Bertz CT molecular complexity index is 1350. The SMILES string of the molecule is CN(C)CCCN(C)c1ccc(-c2cccc(CN(C(=O)c3cccs3)C3CCC(N)CC3)c2)cc1NC(=O)C1CC1. The summed E-state index contributed by atoms with van der Waals surface area (Å²) in [5.41, 5.74) is 11.3. The molecule has 8 heteroatoms. The molecule has 0 aliphatic heterocycles. The number of anilines is 2. The molecular weight excluding hydrogens is 542 g/mol. The van der Waals surface area contributed by atoms with Crippen molar-refractivity contribution in [3.63, 3.8) is 0 Å². The normalized spacial score (nSPS) is 18.6. The average Bonchev–Trinajstić information content (AvgIpc) is 3.70. The van der Waals surface area contributed by atoms with E-state index in [1.807, 2.05) is 17.5 Å². The third-order valence-electron chi connectivity index (χ3n) is 8.50. The van der Waals surface area contributed by atoms with E-state index in [2.05, 4.69) is 83.6 Å². The Labute approximate surface area is 254 Å². The van der Waals surface area contributed by atoms with Crippen LogP contribution in [-0.4, -0.2) is 67.9 Å². The summed E-state index contributed by atoms with van der Waals surface area (Å²) >= 11 is 1.50. The Hall–Kier alpha value is -3.20. The first-order chi connectivity index (χ1) is 20.3. The zero-order valence-electron chi connectivity index (χ0n) is 25.2. The van der Waals surface area contributed by atoms with Crippen LogP contribution in [-0.2, 0) is 11.3 Å². The van der Waals surface area contributed by atoms with Crippen LogP contribution in [0.5, 0.6) is 0 Å². The number of nitrogens with one attached hydrogen (secondary N) is 1. The van der Waals surface area contributed by atoms with E-state index in [1.165, 1.54) is 11.3 Å². The first-order valence-corrected chi connectivity index (χ1v) is 16.2. The Morgan fingerprint density at radius 1 is 0.905 bits per heavy atom. The molecule has 5 rings (SSSR count). The molecule has 2 amide bonds. The summed E-state index contributed by atoms with van der Waals surface area (Å²) in [6.45, 7) is 2.47. The molecule has 2 aromatic carbocycles. The van der Waals surface area contributed by atoms with Gasteiger partial charge >= 0.3 is 0 Å². The molecule has 0 radical (unpaired) electrons. The topological polar surface area (TPSA) is 81.9 Å². The van der Waals surface area contributed by atoms with Gasteiger partial charge in [0.1, 0.15) is 0 Å². The number of amides is 2. The molecule has 2 aliphatic rings. The molecule has 2 aliphatic carbocycles. The Morgan fingerprint density at radius 2 is 1.67 bits per heavy atom. The molecule has 0 unspecified atom stereocenters. The molecule has 0 saturated heterocycles. The van der Waals surface area contributed by atoms with Crippen molar-refractivity contribution in [1.29, 1.82) is 0 Å². The Balaban J connectivity index is 1.39. The molecule has 3 aromatic rings. The molecule has 2 fully saturated rings. The van der Waals surface area contributed by atoms with Gasteiger partial charge in [0.25, 0.3) is 5.91 Å². The minimum Gasteiger partial charge on any atom is -0.373 e. The van der Waals surface area contributed by atoms with E-state index >= 15 is 0 Å². The highest BCUT2D eigenvalue weighted by Crippen LogP contribution is 2.35. The second-order valence-corrected chi connectivity index (χ2v) is 13.2. The van der Waals surface area contributed by atoms with Crippen LogP contribution in [0.4, 0.5) is 11.4 Å². The number of hydrogen-bond donors (Lipinski definition) is 2. The van der Waals surface area contributed by atoms with E-state index in [-0.39, 0.29) is 29.8 Å². The van der Waals surface area contributed by atoms with Crippen molar-refractivity contribution in [3.8, 4) is 11.1 Å². The van der Waals surface area contributed by atoms with E-state index in [1.54, 1.807) is 0 Å². The Morgan fingerprint density at radius 3 is 2.36 bits per heavy atom. The van der Waals surface area contributed by atoms with Gasteiger partial charge in [-0.05, 0) is 112 Å². The lowest BCUT2D eigenvalue weighted by Crippen LogP contribution is -2.43. The fourth-order valence-electron chi connectivity index (χ4n) is 5.84. The summed E-state index contributed by atoms with van der Waals surface area (Å²) < 4.78 is 0. The highest BCUT2D eigenvalue weighted by Gasteiger charge is 2.31. The minimum absolute atomic E-state index is 0.0996.